The molecule has 1 aliphatic rings. The van der Waals surface area contributed by atoms with Crippen LogP contribution in [0, 0.1) is 5.92 Å². The number of aromatic nitrogens is 1. The number of rotatable bonds is 7. The highest BCUT2D eigenvalue weighted by Gasteiger charge is 2.28. The first-order valence-corrected chi connectivity index (χ1v) is 10.4. The number of nitrogens with zero attached hydrogens (tertiary/aromatic N) is 2. The number of methoxy groups -OCH3 is 1. The van der Waals surface area contributed by atoms with E-state index in [0.717, 1.165) is 36.0 Å². The van der Waals surface area contributed by atoms with Gasteiger partial charge in [-0.05, 0) is 49.6 Å². The number of amides is 1. The number of anilines is 1. The summed E-state index contributed by atoms with van der Waals surface area (Å²) >= 11 is 0. The van der Waals surface area contributed by atoms with Crippen LogP contribution in [0.25, 0.3) is 11.1 Å². The van der Waals surface area contributed by atoms with Gasteiger partial charge in [-0.15, -0.1) is 0 Å². The van der Waals surface area contributed by atoms with E-state index in [-0.39, 0.29) is 11.8 Å². The van der Waals surface area contributed by atoms with Crippen molar-refractivity contribution in [2.75, 3.05) is 31.7 Å². The zero-order chi connectivity index (χ0) is 20.9. The van der Waals surface area contributed by atoms with Crippen molar-refractivity contribution in [3.05, 3.63) is 48.0 Å². The van der Waals surface area contributed by atoms with Gasteiger partial charge in [0, 0.05) is 19.6 Å². The van der Waals surface area contributed by atoms with E-state index in [1.165, 1.54) is 0 Å². The van der Waals surface area contributed by atoms with E-state index in [1.54, 1.807) is 7.11 Å². The lowest BCUT2D eigenvalue weighted by atomic mass is 9.97. The fourth-order valence-corrected chi connectivity index (χ4v) is 3.79. The molecule has 0 saturated carbocycles. The van der Waals surface area contributed by atoms with Crippen molar-refractivity contribution < 1.29 is 18.7 Å². The Bertz CT molecular complexity index is 984. The molecule has 7 nitrogen and oxygen atoms in total. The van der Waals surface area contributed by atoms with Crippen LogP contribution in [-0.4, -0.2) is 37.7 Å². The van der Waals surface area contributed by atoms with Gasteiger partial charge in [0.05, 0.1) is 19.6 Å². The van der Waals surface area contributed by atoms with E-state index in [4.69, 9.17) is 13.9 Å². The molecule has 2 heterocycles. The van der Waals surface area contributed by atoms with Crippen molar-refractivity contribution in [3.8, 4) is 11.5 Å². The minimum Gasteiger partial charge on any atom is -0.493 e. The molecule has 1 aromatic heterocycles. The molecule has 30 heavy (non-hydrogen) atoms. The van der Waals surface area contributed by atoms with Crippen LogP contribution in [0.1, 0.15) is 25.3 Å². The summed E-state index contributed by atoms with van der Waals surface area (Å²) in [5, 5.41) is 3.06. The lowest BCUT2D eigenvalue weighted by Crippen LogP contribution is -2.43. The maximum absolute atomic E-state index is 12.8. The standard InChI is InChI=1S/C23H27N3O4/c1-3-29-20-11-10-16(13-21(20)28-2)14-24-22(27)17-7-6-12-26(15-17)23-25-18-8-4-5-9-19(18)30-23/h4-5,8-11,13,17H,3,6-7,12,14-15H2,1-2H3,(H,24,27). The van der Waals surface area contributed by atoms with Gasteiger partial charge in [0.25, 0.3) is 6.01 Å². The van der Waals surface area contributed by atoms with Gasteiger partial charge in [-0.25, -0.2) is 0 Å². The second kappa shape index (κ2) is 9.07. The quantitative estimate of drug-likeness (QED) is 0.640. The molecule has 1 atom stereocenters. The second-order valence-corrected chi connectivity index (χ2v) is 7.39. The highest BCUT2D eigenvalue weighted by molar-refractivity contribution is 5.80. The maximum atomic E-state index is 12.8. The fraction of sp³-hybridized carbons (Fsp3) is 0.391. The average Bonchev–Trinajstić information content (AvgIpc) is 3.23. The predicted octanol–water partition coefficient (Wildman–Crippen LogP) is 3.77. The summed E-state index contributed by atoms with van der Waals surface area (Å²) in [5.74, 6) is 1.32. The number of carbonyl (C=O) groups excluding carboxylic acids is 1. The smallest absolute Gasteiger partial charge is 0.298 e. The minimum absolute atomic E-state index is 0.0451. The number of hydrogen-bond donors (Lipinski definition) is 1. The van der Waals surface area contributed by atoms with Crippen LogP contribution < -0.4 is 19.7 Å². The lowest BCUT2D eigenvalue weighted by molar-refractivity contribution is -0.125. The normalized spacial score (nSPS) is 16.5. The molecule has 1 unspecified atom stereocenters. The molecule has 1 saturated heterocycles. The topological polar surface area (TPSA) is 76.8 Å². The van der Waals surface area contributed by atoms with Crippen molar-refractivity contribution in [2.24, 2.45) is 5.92 Å². The molecule has 0 radical (unpaired) electrons. The number of hydrogen-bond acceptors (Lipinski definition) is 6. The molecule has 1 amide bonds. The Morgan fingerprint density at radius 2 is 2.13 bits per heavy atom. The number of para-hydroxylation sites is 2. The first kappa shape index (κ1) is 20.1. The van der Waals surface area contributed by atoms with Crippen LogP contribution in [0.3, 0.4) is 0 Å². The number of piperidine rings is 1. The molecular formula is C23H27N3O4. The minimum atomic E-state index is -0.0987. The molecule has 158 valence electrons. The molecule has 0 spiro atoms. The van der Waals surface area contributed by atoms with E-state index in [0.29, 0.717) is 37.2 Å². The molecule has 2 aromatic carbocycles. The van der Waals surface area contributed by atoms with Gasteiger partial charge in [-0.2, -0.15) is 4.98 Å². The highest BCUT2D eigenvalue weighted by Crippen LogP contribution is 2.29. The van der Waals surface area contributed by atoms with Crippen molar-refractivity contribution in [1.82, 2.24) is 10.3 Å². The zero-order valence-electron chi connectivity index (χ0n) is 17.4. The molecule has 0 bridgehead atoms. The number of fused-ring (bicyclic) bond motifs is 1. The Kier molecular flexibility index (Phi) is 6.07. The molecular weight excluding hydrogens is 382 g/mol. The number of ether oxygens (including phenoxy) is 2. The van der Waals surface area contributed by atoms with Crippen LogP contribution in [0.4, 0.5) is 6.01 Å². The van der Waals surface area contributed by atoms with Crippen LogP contribution >= 0.6 is 0 Å². The third-order valence-corrected chi connectivity index (χ3v) is 5.34. The van der Waals surface area contributed by atoms with Gasteiger partial charge in [-0.1, -0.05) is 18.2 Å². The molecule has 1 fully saturated rings. The average molecular weight is 409 g/mol. The summed E-state index contributed by atoms with van der Waals surface area (Å²) in [5.41, 5.74) is 2.57. The predicted molar refractivity (Wildman–Crippen MR) is 115 cm³/mol. The number of benzene rings is 2. The van der Waals surface area contributed by atoms with Gasteiger partial charge >= 0.3 is 0 Å². The molecule has 1 N–H and O–H groups in total. The van der Waals surface area contributed by atoms with Gasteiger partial charge < -0.3 is 24.1 Å². The zero-order valence-corrected chi connectivity index (χ0v) is 17.4. The summed E-state index contributed by atoms with van der Waals surface area (Å²) in [6.45, 7) is 4.39. The molecule has 7 heteroatoms. The summed E-state index contributed by atoms with van der Waals surface area (Å²) in [7, 11) is 1.61. The monoisotopic (exact) mass is 409 g/mol. The van der Waals surface area contributed by atoms with Gasteiger partial charge in [0.1, 0.15) is 5.52 Å². The Balaban J connectivity index is 1.37. The van der Waals surface area contributed by atoms with E-state index in [9.17, 15) is 4.79 Å². The Hall–Kier alpha value is -3.22. The SMILES string of the molecule is CCOc1ccc(CNC(=O)C2CCCN(c3nc4ccccc4o3)C2)cc1OC. The maximum Gasteiger partial charge on any atom is 0.298 e. The Morgan fingerprint density at radius 3 is 2.93 bits per heavy atom. The van der Waals surface area contributed by atoms with Gasteiger partial charge in [0.2, 0.25) is 5.91 Å². The van der Waals surface area contributed by atoms with E-state index in [2.05, 4.69) is 15.2 Å². The number of oxazole rings is 1. The van der Waals surface area contributed by atoms with Crippen LogP contribution in [0.15, 0.2) is 46.9 Å². The Morgan fingerprint density at radius 1 is 1.27 bits per heavy atom. The first-order valence-electron chi connectivity index (χ1n) is 10.4. The van der Waals surface area contributed by atoms with Crippen LogP contribution in [0.2, 0.25) is 0 Å². The highest BCUT2D eigenvalue weighted by atomic mass is 16.5. The largest absolute Gasteiger partial charge is 0.493 e. The summed E-state index contributed by atoms with van der Waals surface area (Å²) in [4.78, 5) is 19.4. The molecule has 0 aliphatic carbocycles. The fourth-order valence-electron chi connectivity index (χ4n) is 3.79. The number of carbonyl (C=O) groups is 1. The van der Waals surface area contributed by atoms with Crippen LogP contribution in [0.5, 0.6) is 11.5 Å². The van der Waals surface area contributed by atoms with Crippen molar-refractivity contribution >= 4 is 23.0 Å². The molecule has 1 aliphatic heterocycles. The summed E-state index contributed by atoms with van der Waals surface area (Å²) in [6.07, 6.45) is 1.78. The Labute approximate surface area is 176 Å². The molecule has 4 rings (SSSR count). The van der Waals surface area contributed by atoms with Crippen LogP contribution in [-0.2, 0) is 11.3 Å². The van der Waals surface area contributed by atoms with E-state index >= 15 is 0 Å². The second-order valence-electron chi connectivity index (χ2n) is 7.39. The molecule has 3 aromatic rings. The summed E-state index contributed by atoms with van der Waals surface area (Å²) in [6, 6.07) is 14.0. The van der Waals surface area contributed by atoms with Gasteiger partial charge in [0.15, 0.2) is 17.1 Å². The third-order valence-electron chi connectivity index (χ3n) is 5.34. The van der Waals surface area contributed by atoms with Crippen molar-refractivity contribution in [1.29, 1.82) is 0 Å². The first-order chi connectivity index (χ1) is 14.7. The number of nitrogens with one attached hydrogen (secondary N) is 1. The van der Waals surface area contributed by atoms with Gasteiger partial charge in [-0.3, -0.25) is 4.79 Å². The van der Waals surface area contributed by atoms with E-state index in [1.807, 2.05) is 49.4 Å². The summed E-state index contributed by atoms with van der Waals surface area (Å²) < 4.78 is 16.8. The van der Waals surface area contributed by atoms with Crippen molar-refractivity contribution in [3.63, 3.8) is 0 Å². The van der Waals surface area contributed by atoms with E-state index < -0.39 is 0 Å². The third kappa shape index (κ3) is 4.35. The lowest BCUT2D eigenvalue weighted by Gasteiger charge is -2.30. The van der Waals surface area contributed by atoms with Crippen molar-refractivity contribution in [2.45, 2.75) is 26.3 Å².